The Bertz CT molecular complexity index is 626. The van der Waals surface area contributed by atoms with E-state index in [4.69, 9.17) is 0 Å². The van der Waals surface area contributed by atoms with Crippen LogP contribution in [-0.4, -0.2) is 68.7 Å². The SMILES string of the molecule is COC(=O)CNC(=O)N1CCC2(CC1)C[C@H](c1ccccc1)CN(C)C2. The van der Waals surface area contributed by atoms with Crippen LogP contribution < -0.4 is 5.32 Å². The van der Waals surface area contributed by atoms with Crippen LogP contribution in [0.5, 0.6) is 0 Å². The highest BCUT2D eigenvalue weighted by Gasteiger charge is 2.42. The first-order valence-corrected chi connectivity index (χ1v) is 9.34. The van der Waals surface area contributed by atoms with E-state index in [9.17, 15) is 9.59 Å². The van der Waals surface area contributed by atoms with Crippen LogP contribution in [-0.2, 0) is 9.53 Å². The summed E-state index contributed by atoms with van der Waals surface area (Å²) in [4.78, 5) is 27.7. The molecule has 1 aromatic rings. The molecule has 3 rings (SSSR count). The first-order valence-electron chi connectivity index (χ1n) is 9.34. The minimum Gasteiger partial charge on any atom is -0.468 e. The number of hydrogen-bond acceptors (Lipinski definition) is 4. The molecule has 1 atom stereocenters. The standard InChI is InChI=1S/C20H29N3O3/c1-22-14-17(16-6-4-3-5-7-16)12-20(15-22)8-10-23(11-9-20)19(25)21-13-18(24)26-2/h3-7,17H,8-15H2,1-2H3,(H,21,25)/t17-/m0/s1. The predicted octanol–water partition coefficient (Wildman–Crippen LogP) is 2.07. The Labute approximate surface area is 155 Å². The fourth-order valence-electron chi connectivity index (χ4n) is 4.49. The van der Waals surface area contributed by atoms with Gasteiger partial charge in [0.1, 0.15) is 6.54 Å². The number of likely N-dealkylation sites (N-methyl/N-ethyl adjacent to an activating group) is 1. The Morgan fingerprint density at radius 3 is 2.58 bits per heavy atom. The Balaban J connectivity index is 1.58. The van der Waals surface area contributed by atoms with E-state index < -0.39 is 5.97 Å². The normalized spacial score (nSPS) is 22.8. The Morgan fingerprint density at radius 2 is 1.92 bits per heavy atom. The van der Waals surface area contributed by atoms with Gasteiger partial charge in [-0.05, 0) is 43.2 Å². The van der Waals surface area contributed by atoms with E-state index in [2.05, 4.69) is 52.3 Å². The average molecular weight is 359 g/mol. The summed E-state index contributed by atoms with van der Waals surface area (Å²) in [6.07, 6.45) is 3.19. The molecule has 0 unspecified atom stereocenters. The van der Waals surface area contributed by atoms with Crippen LogP contribution in [0.2, 0.25) is 0 Å². The molecule has 0 aliphatic carbocycles. The summed E-state index contributed by atoms with van der Waals surface area (Å²) in [5.74, 6) is 0.126. The average Bonchev–Trinajstić information content (AvgIpc) is 2.66. The van der Waals surface area contributed by atoms with Gasteiger partial charge in [-0.2, -0.15) is 0 Å². The molecule has 6 heteroatoms. The number of nitrogens with one attached hydrogen (secondary N) is 1. The minimum atomic E-state index is -0.425. The van der Waals surface area contributed by atoms with Gasteiger partial charge < -0.3 is 19.9 Å². The van der Waals surface area contributed by atoms with Crippen molar-refractivity contribution >= 4 is 12.0 Å². The molecule has 2 aliphatic rings. The van der Waals surface area contributed by atoms with Gasteiger partial charge >= 0.3 is 12.0 Å². The smallest absolute Gasteiger partial charge is 0.325 e. The van der Waals surface area contributed by atoms with Crippen molar-refractivity contribution in [3.05, 3.63) is 35.9 Å². The maximum Gasteiger partial charge on any atom is 0.325 e. The van der Waals surface area contributed by atoms with Crippen LogP contribution in [0.1, 0.15) is 30.7 Å². The van der Waals surface area contributed by atoms with E-state index in [0.29, 0.717) is 5.92 Å². The third-order valence-corrected chi connectivity index (χ3v) is 5.81. The summed E-state index contributed by atoms with van der Waals surface area (Å²) in [7, 11) is 3.52. The summed E-state index contributed by atoms with van der Waals surface area (Å²) in [5, 5.41) is 2.64. The van der Waals surface area contributed by atoms with Crippen LogP contribution >= 0.6 is 0 Å². The number of esters is 1. The number of nitrogens with zero attached hydrogens (tertiary/aromatic N) is 2. The van der Waals surface area contributed by atoms with Crippen molar-refractivity contribution in [2.75, 3.05) is 46.9 Å². The number of ether oxygens (including phenoxy) is 1. The van der Waals surface area contributed by atoms with Gasteiger partial charge in [0.25, 0.3) is 0 Å². The minimum absolute atomic E-state index is 0.0736. The van der Waals surface area contributed by atoms with Crippen molar-refractivity contribution < 1.29 is 14.3 Å². The van der Waals surface area contributed by atoms with Gasteiger partial charge in [-0.3, -0.25) is 4.79 Å². The predicted molar refractivity (Wildman–Crippen MR) is 100.0 cm³/mol. The number of hydrogen-bond donors (Lipinski definition) is 1. The van der Waals surface area contributed by atoms with Crippen molar-refractivity contribution in [1.29, 1.82) is 0 Å². The Kier molecular flexibility index (Phi) is 5.81. The molecule has 26 heavy (non-hydrogen) atoms. The molecule has 1 aromatic carbocycles. The summed E-state index contributed by atoms with van der Waals surface area (Å²) in [6, 6.07) is 10.6. The maximum atomic E-state index is 12.2. The summed E-state index contributed by atoms with van der Waals surface area (Å²) in [6.45, 7) is 3.59. The van der Waals surface area contributed by atoms with E-state index >= 15 is 0 Å². The molecule has 6 nitrogen and oxygen atoms in total. The molecule has 0 radical (unpaired) electrons. The lowest BCUT2D eigenvalue weighted by atomic mass is 9.68. The van der Waals surface area contributed by atoms with Gasteiger partial charge in [0.15, 0.2) is 0 Å². The highest BCUT2D eigenvalue weighted by molar-refractivity contribution is 5.80. The summed E-state index contributed by atoms with van der Waals surface area (Å²) >= 11 is 0. The molecule has 1 spiro atoms. The van der Waals surface area contributed by atoms with Crippen LogP contribution in [0, 0.1) is 5.41 Å². The van der Waals surface area contributed by atoms with Crippen molar-refractivity contribution in [3.63, 3.8) is 0 Å². The van der Waals surface area contributed by atoms with Crippen molar-refractivity contribution in [2.45, 2.75) is 25.2 Å². The third-order valence-electron chi connectivity index (χ3n) is 5.81. The summed E-state index contributed by atoms with van der Waals surface area (Å²) < 4.78 is 4.57. The number of methoxy groups -OCH3 is 1. The van der Waals surface area contributed by atoms with Gasteiger partial charge in [-0.25, -0.2) is 4.79 Å². The number of rotatable bonds is 3. The number of amides is 2. The van der Waals surface area contributed by atoms with Crippen LogP contribution in [0.3, 0.4) is 0 Å². The lowest BCUT2D eigenvalue weighted by molar-refractivity contribution is -0.139. The number of piperidine rings is 2. The largest absolute Gasteiger partial charge is 0.468 e. The molecule has 2 heterocycles. The first-order chi connectivity index (χ1) is 12.5. The monoisotopic (exact) mass is 359 g/mol. The molecule has 0 bridgehead atoms. The second-order valence-corrected chi connectivity index (χ2v) is 7.73. The van der Waals surface area contributed by atoms with Gasteiger partial charge in [-0.15, -0.1) is 0 Å². The van der Waals surface area contributed by atoms with E-state index in [1.165, 1.54) is 19.1 Å². The van der Waals surface area contributed by atoms with Gasteiger partial charge in [0.2, 0.25) is 0 Å². The van der Waals surface area contributed by atoms with Crippen molar-refractivity contribution in [1.82, 2.24) is 15.1 Å². The zero-order chi connectivity index (χ0) is 18.6. The van der Waals surface area contributed by atoms with Crippen LogP contribution in [0.15, 0.2) is 30.3 Å². The highest BCUT2D eigenvalue weighted by atomic mass is 16.5. The fraction of sp³-hybridized carbons (Fsp3) is 0.600. The molecule has 2 aliphatic heterocycles. The topological polar surface area (TPSA) is 61.9 Å². The van der Waals surface area contributed by atoms with E-state index in [1.54, 1.807) is 0 Å². The molecule has 2 saturated heterocycles. The Hall–Kier alpha value is -2.08. The molecule has 2 fully saturated rings. The quantitative estimate of drug-likeness (QED) is 0.840. The van der Waals surface area contributed by atoms with E-state index in [-0.39, 0.29) is 18.0 Å². The third kappa shape index (κ3) is 4.36. The van der Waals surface area contributed by atoms with E-state index in [0.717, 1.165) is 39.0 Å². The Morgan fingerprint density at radius 1 is 1.23 bits per heavy atom. The van der Waals surface area contributed by atoms with E-state index in [1.807, 2.05) is 4.90 Å². The summed E-state index contributed by atoms with van der Waals surface area (Å²) in [5.41, 5.74) is 1.68. The fourth-order valence-corrected chi connectivity index (χ4v) is 4.49. The van der Waals surface area contributed by atoms with Gasteiger partial charge in [0.05, 0.1) is 7.11 Å². The van der Waals surface area contributed by atoms with Crippen molar-refractivity contribution in [2.24, 2.45) is 5.41 Å². The van der Waals surface area contributed by atoms with Gasteiger partial charge in [0, 0.05) is 26.2 Å². The molecule has 0 saturated carbocycles. The highest BCUT2D eigenvalue weighted by Crippen LogP contribution is 2.44. The molecule has 142 valence electrons. The molecular formula is C20H29N3O3. The molecular weight excluding hydrogens is 330 g/mol. The lowest BCUT2D eigenvalue weighted by Gasteiger charge is -2.49. The van der Waals surface area contributed by atoms with Crippen molar-refractivity contribution in [3.8, 4) is 0 Å². The second kappa shape index (κ2) is 8.08. The number of carbonyl (C=O) groups is 2. The second-order valence-electron chi connectivity index (χ2n) is 7.73. The number of likely N-dealkylation sites (tertiary alicyclic amines) is 2. The van der Waals surface area contributed by atoms with Crippen LogP contribution in [0.4, 0.5) is 4.79 Å². The van der Waals surface area contributed by atoms with Crippen LogP contribution in [0.25, 0.3) is 0 Å². The number of benzene rings is 1. The van der Waals surface area contributed by atoms with Gasteiger partial charge in [-0.1, -0.05) is 30.3 Å². The lowest BCUT2D eigenvalue weighted by Crippen LogP contribution is -2.53. The molecule has 1 N–H and O–H groups in total. The number of urea groups is 1. The first kappa shape index (κ1) is 18.7. The molecule has 0 aromatic heterocycles. The molecule has 2 amide bonds. The zero-order valence-electron chi connectivity index (χ0n) is 15.7. The number of carbonyl (C=O) groups excluding carboxylic acids is 2. The zero-order valence-corrected chi connectivity index (χ0v) is 15.7. The maximum absolute atomic E-state index is 12.2.